The summed E-state index contributed by atoms with van der Waals surface area (Å²) in [5.41, 5.74) is 1.90. The van der Waals surface area contributed by atoms with Gasteiger partial charge in [0.25, 0.3) is 5.56 Å². The van der Waals surface area contributed by atoms with Gasteiger partial charge in [-0.1, -0.05) is 37.3 Å². The van der Waals surface area contributed by atoms with E-state index in [1.165, 1.54) is 10.9 Å². The molecule has 0 aliphatic heterocycles. The summed E-state index contributed by atoms with van der Waals surface area (Å²) in [5.74, 6) is -1.67. The molecule has 0 aliphatic rings. The molecule has 0 bridgehead atoms. The second-order valence-corrected chi connectivity index (χ2v) is 7.36. The van der Waals surface area contributed by atoms with E-state index in [-0.39, 0.29) is 12.0 Å². The Kier molecular flexibility index (Phi) is 5.53. The third kappa shape index (κ3) is 3.92. The molecule has 0 aliphatic carbocycles. The third-order valence-electron chi connectivity index (χ3n) is 5.43. The van der Waals surface area contributed by atoms with Crippen LogP contribution < -0.4 is 10.9 Å². The molecule has 8 nitrogen and oxygen atoms in total. The zero-order chi connectivity index (χ0) is 22.0. The highest BCUT2D eigenvalue weighted by molar-refractivity contribution is 5.88. The van der Waals surface area contributed by atoms with Crippen molar-refractivity contribution >= 4 is 33.7 Å². The van der Waals surface area contributed by atoms with Gasteiger partial charge in [-0.2, -0.15) is 0 Å². The third-order valence-corrected chi connectivity index (χ3v) is 5.43. The Hall–Kier alpha value is -3.94. The van der Waals surface area contributed by atoms with Crippen LogP contribution in [0.1, 0.15) is 24.9 Å². The number of fused-ring (bicyclic) bond motifs is 2. The second-order valence-electron chi connectivity index (χ2n) is 7.36. The van der Waals surface area contributed by atoms with Gasteiger partial charge in [0.15, 0.2) is 0 Å². The highest BCUT2D eigenvalue weighted by Crippen LogP contribution is 2.20. The Bertz CT molecular complexity index is 1320. The number of aromatic nitrogens is 3. The first-order chi connectivity index (χ1) is 15.0. The van der Waals surface area contributed by atoms with Crippen LogP contribution in [0.5, 0.6) is 0 Å². The van der Waals surface area contributed by atoms with E-state index in [1.807, 2.05) is 24.3 Å². The van der Waals surface area contributed by atoms with Crippen molar-refractivity contribution in [2.75, 3.05) is 0 Å². The summed E-state index contributed by atoms with van der Waals surface area (Å²) in [6.45, 7) is 1.77. The molecule has 2 atom stereocenters. The number of hydrogen-bond donors (Lipinski definition) is 3. The monoisotopic (exact) mass is 418 g/mol. The fourth-order valence-electron chi connectivity index (χ4n) is 3.80. The van der Waals surface area contributed by atoms with E-state index in [0.717, 1.165) is 16.5 Å². The molecular weight excluding hydrogens is 396 g/mol. The molecule has 0 saturated heterocycles. The lowest BCUT2D eigenvalue weighted by Crippen LogP contribution is -2.46. The van der Waals surface area contributed by atoms with E-state index in [9.17, 15) is 19.5 Å². The number of carboxylic acids is 1. The molecule has 4 aromatic rings. The minimum absolute atomic E-state index is 0.117. The van der Waals surface area contributed by atoms with Crippen LogP contribution in [0.25, 0.3) is 21.8 Å². The zero-order valence-corrected chi connectivity index (χ0v) is 16.9. The Morgan fingerprint density at radius 2 is 1.84 bits per heavy atom. The van der Waals surface area contributed by atoms with Gasteiger partial charge < -0.3 is 15.4 Å². The van der Waals surface area contributed by atoms with Crippen molar-refractivity contribution in [2.45, 2.75) is 31.8 Å². The Balaban J connectivity index is 1.60. The smallest absolute Gasteiger partial charge is 0.326 e. The van der Waals surface area contributed by atoms with E-state index in [1.54, 1.807) is 37.4 Å². The predicted octanol–water partition coefficient (Wildman–Crippen LogP) is 2.64. The van der Waals surface area contributed by atoms with Gasteiger partial charge in [-0.15, -0.1) is 0 Å². The largest absolute Gasteiger partial charge is 0.480 e. The van der Waals surface area contributed by atoms with Crippen molar-refractivity contribution in [3.8, 4) is 0 Å². The average Bonchev–Trinajstić information content (AvgIpc) is 3.18. The van der Waals surface area contributed by atoms with E-state index in [0.29, 0.717) is 17.3 Å². The predicted molar refractivity (Wildman–Crippen MR) is 117 cm³/mol. The normalized spacial score (nSPS) is 13.2. The zero-order valence-electron chi connectivity index (χ0n) is 16.9. The molecule has 1 amide bonds. The summed E-state index contributed by atoms with van der Waals surface area (Å²) in [7, 11) is 0. The van der Waals surface area contributed by atoms with Gasteiger partial charge in [0.1, 0.15) is 12.1 Å². The summed E-state index contributed by atoms with van der Waals surface area (Å²) in [4.78, 5) is 45.1. The molecule has 0 spiro atoms. The van der Waals surface area contributed by atoms with Crippen LogP contribution in [0, 0.1) is 0 Å². The minimum Gasteiger partial charge on any atom is -0.480 e. The van der Waals surface area contributed by atoms with Crippen LogP contribution in [-0.2, 0) is 16.0 Å². The molecule has 3 N–H and O–H groups in total. The molecule has 2 aromatic carbocycles. The minimum atomic E-state index is -1.14. The van der Waals surface area contributed by atoms with Crippen LogP contribution in [-0.4, -0.2) is 37.6 Å². The quantitative estimate of drug-likeness (QED) is 0.427. The Labute approximate surface area is 177 Å². The summed E-state index contributed by atoms with van der Waals surface area (Å²) < 4.78 is 1.27. The number of carboxylic acid groups (broad SMARTS) is 1. The number of benzene rings is 2. The number of aliphatic carboxylic acids is 1. The lowest BCUT2D eigenvalue weighted by atomic mass is 10.0. The lowest BCUT2D eigenvalue weighted by molar-refractivity contribution is -0.142. The summed E-state index contributed by atoms with van der Waals surface area (Å²) >= 11 is 0. The van der Waals surface area contributed by atoms with Gasteiger partial charge in [-0.05, 0) is 30.2 Å². The van der Waals surface area contributed by atoms with Crippen LogP contribution in [0.3, 0.4) is 0 Å². The van der Waals surface area contributed by atoms with E-state index in [2.05, 4.69) is 15.3 Å². The van der Waals surface area contributed by atoms with Crippen molar-refractivity contribution in [1.29, 1.82) is 0 Å². The number of carbonyl (C=O) groups is 2. The van der Waals surface area contributed by atoms with Gasteiger partial charge >= 0.3 is 5.97 Å². The molecule has 31 heavy (non-hydrogen) atoms. The summed E-state index contributed by atoms with van der Waals surface area (Å²) in [6.07, 6.45) is 3.52. The highest BCUT2D eigenvalue weighted by atomic mass is 16.4. The first-order valence-corrected chi connectivity index (χ1v) is 10.0. The van der Waals surface area contributed by atoms with Crippen molar-refractivity contribution in [1.82, 2.24) is 19.9 Å². The van der Waals surface area contributed by atoms with Crippen LogP contribution >= 0.6 is 0 Å². The van der Waals surface area contributed by atoms with E-state index < -0.39 is 24.0 Å². The van der Waals surface area contributed by atoms with Gasteiger partial charge in [-0.25, -0.2) is 9.78 Å². The number of carbonyl (C=O) groups excluding carboxylic acids is 1. The number of para-hydroxylation sites is 2. The molecule has 8 heteroatoms. The van der Waals surface area contributed by atoms with Crippen molar-refractivity contribution in [3.63, 3.8) is 0 Å². The van der Waals surface area contributed by atoms with Crippen molar-refractivity contribution in [3.05, 3.63) is 77.0 Å². The van der Waals surface area contributed by atoms with E-state index >= 15 is 0 Å². The molecule has 2 aromatic heterocycles. The first-order valence-electron chi connectivity index (χ1n) is 10.0. The van der Waals surface area contributed by atoms with E-state index in [4.69, 9.17) is 0 Å². The molecular formula is C23H22N4O4. The number of nitrogens with zero attached hydrogens (tertiary/aromatic N) is 2. The molecule has 0 saturated carbocycles. The lowest BCUT2D eigenvalue weighted by Gasteiger charge is -2.21. The molecule has 158 valence electrons. The van der Waals surface area contributed by atoms with Crippen LogP contribution in [0.4, 0.5) is 0 Å². The maximum Gasteiger partial charge on any atom is 0.326 e. The topological polar surface area (TPSA) is 117 Å². The van der Waals surface area contributed by atoms with Crippen LogP contribution in [0.15, 0.2) is 65.8 Å². The molecule has 0 radical (unpaired) electrons. The first kappa shape index (κ1) is 20.3. The number of hydrogen-bond acceptors (Lipinski definition) is 4. The Morgan fingerprint density at radius 3 is 2.58 bits per heavy atom. The average molecular weight is 418 g/mol. The number of rotatable bonds is 7. The fraction of sp³-hybridized carbons (Fsp3) is 0.217. The highest BCUT2D eigenvalue weighted by Gasteiger charge is 2.27. The van der Waals surface area contributed by atoms with Gasteiger partial charge in [0.05, 0.1) is 17.2 Å². The number of aromatic amines is 1. The maximum atomic E-state index is 13.0. The van der Waals surface area contributed by atoms with Crippen LogP contribution in [0.2, 0.25) is 0 Å². The number of amides is 1. The molecule has 4 rings (SSSR count). The standard InChI is InChI=1S/C23H22N4O4/c1-2-20(27-13-25-18-10-6-4-8-16(18)22(27)29)21(28)26-19(23(30)31)11-14-12-24-17-9-5-3-7-15(14)17/h3-10,12-13,19-20,24H,2,11H2,1H3,(H,26,28)(H,30,31)/t19-,20-/m0/s1. The molecule has 0 unspecified atom stereocenters. The van der Waals surface area contributed by atoms with Crippen molar-refractivity contribution in [2.24, 2.45) is 0 Å². The maximum absolute atomic E-state index is 13.0. The SMILES string of the molecule is CC[C@@H](C(=O)N[C@@H](Cc1c[nH]c2ccccc12)C(=O)O)n1cnc2ccccc2c1=O. The molecule has 2 heterocycles. The van der Waals surface area contributed by atoms with Gasteiger partial charge in [-0.3, -0.25) is 14.2 Å². The Morgan fingerprint density at radius 1 is 1.13 bits per heavy atom. The second kappa shape index (κ2) is 8.43. The molecule has 0 fully saturated rings. The summed E-state index contributed by atoms with van der Waals surface area (Å²) in [6, 6.07) is 12.5. The summed E-state index contributed by atoms with van der Waals surface area (Å²) in [5, 5.41) is 13.6. The number of H-pyrrole nitrogens is 1. The van der Waals surface area contributed by atoms with Gasteiger partial charge in [0.2, 0.25) is 5.91 Å². The van der Waals surface area contributed by atoms with Crippen molar-refractivity contribution < 1.29 is 14.7 Å². The fourth-order valence-corrected chi connectivity index (χ4v) is 3.80. The number of nitrogens with one attached hydrogen (secondary N) is 2. The van der Waals surface area contributed by atoms with Gasteiger partial charge in [0, 0.05) is 23.5 Å².